The number of hydrogen-bond acceptors (Lipinski definition) is 4. The SMILES string of the molecule is CCC(NC(=O)CCCc1cccs1)c1ncnn1CC. The summed E-state index contributed by atoms with van der Waals surface area (Å²) in [7, 11) is 0. The highest BCUT2D eigenvalue weighted by atomic mass is 32.1. The molecule has 0 aliphatic carbocycles. The van der Waals surface area contributed by atoms with E-state index in [0.717, 1.165) is 31.6 Å². The molecule has 2 heterocycles. The van der Waals surface area contributed by atoms with Gasteiger partial charge in [-0.15, -0.1) is 11.3 Å². The maximum atomic E-state index is 12.1. The Morgan fingerprint density at radius 3 is 3.00 bits per heavy atom. The molecule has 0 aliphatic rings. The first kappa shape index (κ1) is 15.7. The predicted molar refractivity (Wildman–Crippen MR) is 84.1 cm³/mol. The molecule has 0 saturated carbocycles. The van der Waals surface area contributed by atoms with Crippen LogP contribution >= 0.6 is 11.3 Å². The summed E-state index contributed by atoms with van der Waals surface area (Å²) in [5, 5.41) is 9.30. The number of thiophene rings is 1. The average molecular weight is 306 g/mol. The number of nitrogens with zero attached hydrogens (tertiary/aromatic N) is 3. The van der Waals surface area contributed by atoms with Gasteiger partial charge in [0.25, 0.3) is 0 Å². The molecule has 5 nitrogen and oxygen atoms in total. The van der Waals surface area contributed by atoms with Crippen molar-refractivity contribution in [2.24, 2.45) is 0 Å². The van der Waals surface area contributed by atoms with Crippen molar-refractivity contribution in [2.75, 3.05) is 0 Å². The molecule has 0 radical (unpaired) electrons. The van der Waals surface area contributed by atoms with Crippen LogP contribution in [0.5, 0.6) is 0 Å². The van der Waals surface area contributed by atoms with Gasteiger partial charge in [0, 0.05) is 17.8 Å². The standard InChI is InChI=1S/C15H22N4OS/c1-3-13(15-16-11-17-19(15)4-2)18-14(20)9-5-7-12-8-6-10-21-12/h6,8,10-11,13H,3-5,7,9H2,1-2H3,(H,18,20). The van der Waals surface area contributed by atoms with Crippen molar-refractivity contribution in [3.05, 3.63) is 34.5 Å². The molecule has 0 aromatic carbocycles. The van der Waals surface area contributed by atoms with Gasteiger partial charge in [-0.1, -0.05) is 13.0 Å². The quantitative estimate of drug-likeness (QED) is 0.815. The summed E-state index contributed by atoms with van der Waals surface area (Å²) in [6.45, 7) is 4.83. The lowest BCUT2D eigenvalue weighted by atomic mass is 10.1. The Balaban J connectivity index is 1.82. The van der Waals surface area contributed by atoms with Gasteiger partial charge in [0.2, 0.25) is 5.91 Å². The minimum absolute atomic E-state index is 0.0540. The van der Waals surface area contributed by atoms with Crippen molar-refractivity contribution in [1.29, 1.82) is 0 Å². The highest BCUT2D eigenvalue weighted by Crippen LogP contribution is 2.15. The fourth-order valence-electron chi connectivity index (χ4n) is 2.28. The fourth-order valence-corrected chi connectivity index (χ4v) is 3.03. The monoisotopic (exact) mass is 306 g/mol. The number of nitrogens with one attached hydrogen (secondary N) is 1. The van der Waals surface area contributed by atoms with Crippen LogP contribution in [0.25, 0.3) is 0 Å². The van der Waals surface area contributed by atoms with Crippen LogP contribution < -0.4 is 5.32 Å². The largest absolute Gasteiger partial charge is 0.346 e. The van der Waals surface area contributed by atoms with Gasteiger partial charge in [0.1, 0.15) is 12.2 Å². The third kappa shape index (κ3) is 4.39. The molecule has 6 heteroatoms. The Hall–Kier alpha value is -1.69. The molecule has 2 aromatic heterocycles. The molecule has 1 N–H and O–H groups in total. The molecular weight excluding hydrogens is 284 g/mol. The van der Waals surface area contributed by atoms with Gasteiger partial charge in [-0.05, 0) is 37.6 Å². The zero-order valence-electron chi connectivity index (χ0n) is 12.6. The molecule has 0 aliphatic heterocycles. The van der Waals surface area contributed by atoms with E-state index in [1.54, 1.807) is 17.7 Å². The van der Waals surface area contributed by atoms with E-state index < -0.39 is 0 Å². The predicted octanol–water partition coefficient (Wildman–Crippen LogP) is 2.95. The van der Waals surface area contributed by atoms with Gasteiger partial charge in [-0.3, -0.25) is 4.79 Å². The molecular formula is C15H22N4OS. The van der Waals surface area contributed by atoms with Gasteiger partial charge in [-0.25, -0.2) is 9.67 Å². The highest BCUT2D eigenvalue weighted by Gasteiger charge is 2.17. The zero-order chi connectivity index (χ0) is 15.1. The molecule has 2 aromatic rings. The van der Waals surface area contributed by atoms with Crippen LogP contribution in [0.3, 0.4) is 0 Å². The summed E-state index contributed by atoms with van der Waals surface area (Å²) < 4.78 is 1.83. The van der Waals surface area contributed by atoms with Crippen LogP contribution in [0.2, 0.25) is 0 Å². The number of aromatic nitrogens is 3. The zero-order valence-corrected chi connectivity index (χ0v) is 13.4. The first-order chi connectivity index (χ1) is 10.2. The Morgan fingerprint density at radius 2 is 2.33 bits per heavy atom. The van der Waals surface area contributed by atoms with Crippen molar-refractivity contribution in [3.8, 4) is 0 Å². The van der Waals surface area contributed by atoms with E-state index >= 15 is 0 Å². The summed E-state index contributed by atoms with van der Waals surface area (Å²) in [5.41, 5.74) is 0. The number of amides is 1. The van der Waals surface area contributed by atoms with Crippen molar-refractivity contribution >= 4 is 17.2 Å². The maximum Gasteiger partial charge on any atom is 0.220 e. The van der Waals surface area contributed by atoms with Crippen molar-refractivity contribution < 1.29 is 4.79 Å². The lowest BCUT2D eigenvalue weighted by molar-refractivity contribution is -0.122. The summed E-state index contributed by atoms with van der Waals surface area (Å²) in [6, 6.07) is 4.10. The molecule has 1 unspecified atom stereocenters. The van der Waals surface area contributed by atoms with Gasteiger partial charge in [0.15, 0.2) is 0 Å². The van der Waals surface area contributed by atoms with Crippen LogP contribution in [-0.4, -0.2) is 20.7 Å². The molecule has 2 rings (SSSR count). The molecule has 0 fully saturated rings. The number of carbonyl (C=O) groups is 1. The van der Waals surface area contributed by atoms with Crippen molar-refractivity contribution in [3.63, 3.8) is 0 Å². The molecule has 1 atom stereocenters. The highest BCUT2D eigenvalue weighted by molar-refractivity contribution is 7.09. The summed E-state index contributed by atoms with van der Waals surface area (Å²) in [5.74, 6) is 0.927. The second-order valence-corrected chi connectivity index (χ2v) is 5.93. The molecule has 1 amide bonds. The molecule has 21 heavy (non-hydrogen) atoms. The van der Waals surface area contributed by atoms with Gasteiger partial charge >= 0.3 is 0 Å². The Labute approximate surface area is 129 Å². The topological polar surface area (TPSA) is 59.8 Å². The summed E-state index contributed by atoms with van der Waals surface area (Å²) >= 11 is 1.74. The van der Waals surface area contributed by atoms with E-state index in [1.807, 2.05) is 24.6 Å². The number of aryl methyl sites for hydroxylation is 2. The number of carbonyl (C=O) groups excluding carboxylic acids is 1. The lowest BCUT2D eigenvalue weighted by Crippen LogP contribution is -2.30. The first-order valence-corrected chi connectivity index (χ1v) is 8.32. The third-order valence-electron chi connectivity index (χ3n) is 3.41. The second-order valence-electron chi connectivity index (χ2n) is 4.90. The van der Waals surface area contributed by atoms with E-state index in [1.165, 1.54) is 4.88 Å². The Kier molecular flexibility index (Phi) is 5.92. The molecule has 0 spiro atoms. The van der Waals surface area contributed by atoms with Crippen LogP contribution in [0.15, 0.2) is 23.8 Å². The smallest absolute Gasteiger partial charge is 0.220 e. The van der Waals surface area contributed by atoms with Crippen LogP contribution in [0.4, 0.5) is 0 Å². The van der Waals surface area contributed by atoms with Crippen LogP contribution in [0, 0.1) is 0 Å². The van der Waals surface area contributed by atoms with Crippen LogP contribution in [0.1, 0.15) is 49.9 Å². The van der Waals surface area contributed by atoms with Crippen molar-refractivity contribution in [1.82, 2.24) is 20.1 Å². The minimum Gasteiger partial charge on any atom is -0.346 e. The van der Waals surface area contributed by atoms with E-state index in [-0.39, 0.29) is 11.9 Å². The summed E-state index contributed by atoms with van der Waals surface area (Å²) in [6.07, 6.45) is 4.75. The van der Waals surface area contributed by atoms with Crippen LogP contribution in [-0.2, 0) is 17.8 Å². The summed E-state index contributed by atoms with van der Waals surface area (Å²) in [4.78, 5) is 17.7. The Morgan fingerprint density at radius 1 is 1.48 bits per heavy atom. The van der Waals surface area contributed by atoms with E-state index in [0.29, 0.717) is 6.42 Å². The Bertz CT molecular complexity index is 550. The van der Waals surface area contributed by atoms with E-state index in [2.05, 4.69) is 26.8 Å². The number of hydrogen-bond donors (Lipinski definition) is 1. The minimum atomic E-state index is -0.0540. The second kappa shape index (κ2) is 7.93. The third-order valence-corrected chi connectivity index (χ3v) is 4.34. The first-order valence-electron chi connectivity index (χ1n) is 7.44. The van der Waals surface area contributed by atoms with Crippen molar-refractivity contribution in [2.45, 2.75) is 52.1 Å². The molecule has 114 valence electrons. The van der Waals surface area contributed by atoms with E-state index in [9.17, 15) is 4.79 Å². The average Bonchev–Trinajstić information content (AvgIpc) is 3.15. The number of rotatable bonds is 8. The lowest BCUT2D eigenvalue weighted by Gasteiger charge is -2.16. The van der Waals surface area contributed by atoms with E-state index in [4.69, 9.17) is 0 Å². The fraction of sp³-hybridized carbons (Fsp3) is 0.533. The van der Waals surface area contributed by atoms with Gasteiger partial charge in [0.05, 0.1) is 6.04 Å². The van der Waals surface area contributed by atoms with Gasteiger partial charge in [-0.2, -0.15) is 5.10 Å². The maximum absolute atomic E-state index is 12.1. The molecule has 0 bridgehead atoms. The normalized spacial score (nSPS) is 12.3. The van der Waals surface area contributed by atoms with Gasteiger partial charge < -0.3 is 5.32 Å². The molecule has 0 saturated heterocycles.